The summed E-state index contributed by atoms with van der Waals surface area (Å²) >= 11 is 0. The second-order valence-electron chi connectivity index (χ2n) is 5.34. The van der Waals surface area contributed by atoms with E-state index in [0.717, 1.165) is 22.7 Å². The highest BCUT2D eigenvalue weighted by molar-refractivity contribution is 5.71. The summed E-state index contributed by atoms with van der Waals surface area (Å²) in [5, 5.41) is 13.6. The van der Waals surface area contributed by atoms with Gasteiger partial charge in [0.05, 0.1) is 26.3 Å². The number of benzene rings is 1. The number of hydrogen-bond donors (Lipinski definition) is 1. The van der Waals surface area contributed by atoms with Crippen LogP contribution in [0.4, 0.5) is 0 Å². The maximum atomic E-state index is 11.2. The lowest BCUT2D eigenvalue weighted by atomic mass is 9.88. The molecule has 116 valence electrons. The van der Waals surface area contributed by atoms with E-state index in [4.69, 9.17) is 9.47 Å². The molecular formula is C16H18N2O4. The maximum absolute atomic E-state index is 11.2. The number of rotatable bonds is 4. The zero-order valence-electron chi connectivity index (χ0n) is 12.6. The molecule has 0 spiro atoms. The Morgan fingerprint density at radius 2 is 2.18 bits per heavy atom. The van der Waals surface area contributed by atoms with Gasteiger partial charge in [-0.1, -0.05) is 0 Å². The number of aromatic nitrogens is 2. The first-order valence-corrected chi connectivity index (χ1v) is 7.15. The fraction of sp³-hybridized carbons (Fsp3) is 0.375. The summed E-state index contributed by atoms with van der Waals surface area (Å²) in [7, 11) is 3.23. The van der Waals surface area contributed by atoms with Crippen LogP contribution >= 0.6 is 0 Å². The molecule has 3 rings (SSSR count). The number of ether oxygens (including phenoxy) is 2. The molecular weight excluding hydrogens is 284 g/mol. The quantitative estimate of drug-likeness (QED) is 0.936. The molecule has 1 N–H and O–H groups in total. The normalized spacial score (nSPS) is 16.9. The van der Waals surface area contributed by atoms with Gasteiger partial charge in [-0.05, 0) is 37.0 Å². The minimum atomic E-state index is -0.739. The lowest BCUT2D eigenvalue weighted by Crippen LogP contribution is -2.22. The highest BCUT2D eigenvalue weighted by atomic mass is 16.5. The third kappa shape index (κ3) is 2.41. The lowest BCUT2D eigenvalue weighted by Gasteiger charge is -2.20. The van der Waals surface area contributed by atoms with Gasteiger partial charge < -0.3 is 14.6 Å². The van der Waals surface area contributed by atoms with Crippen molar-refractivity contribution in [3.05, 3.63) is 35.7 Å². The smallest absolute Gasteiger partial charge is 0.306 e. The van der Waals surface area contributed by atoms with Crippen molar-refractivity contribution in [2.45, 2.75) is 19.3 Å². The van der Waals surface area contributed by atoms with Gasteiger partial charge in [-0.25, -0.2) is 4.68 Å². The van der Waals surface area contributed by atoms with Gasteiger partial charge in [0.2, 0.25) is 0 Å². The number of hydrogen-bond acceptors (Lipinski definition) is 4. The molecule has 0 saturated heterocycles. The maximum Gasteiger partial charge on any atom is 0.306 e. The second kappa shape index (κ2) is 5.71. The van der Waals surface area contributed by atoms with Crippen LogP contribution in [0.15, 0.2) is 24.4 Å². The summed E-state index contributed by atoms with van der Waals surface area (Å²) in [4.78, 5) is 11.2. The van der Waals surface area contributed by atoms with Gasteiger partial charge in [0.15, 0.2) is 0 Å². The molecule has 22 heavy (non-hydrogen) atoms. The summed E-state index contributed by atoms with van der Waals surface area (Å²) in [5.74, 6) is 0.362. The second-order valence-corrected chi connectivity index (χ2v) is 5.34. The first kappa shape index (κ1) is 14.4. The lowest BCUT2D eigenvalue weighted by molar-refractivity contribution is -0.142. The van der Waals surface area contributed by atoms with E-state index < -0.39 is 5.97 Å². The van der Waals surface area contributed by atoms with Crippen molar-refractivity contribution >= 4 is 5.97 Å². The van der Waals surface area contributed by atoms with E-state index in [2.05, 4.69) is 5.10 Å². The zero-order chi connectivity index (χ0) is 15.7. The Kier molecular flexibility index (Phi) is 3.75. The largest absolute Gasteiger partial charge is 0.497 e. The van der Waals surface area contributed by atoms with Crippen LogP contribution in [-0.2, 0) is 17.6 Å². The number of nitrogens with zero attached hydrogens (tertiary/aromatic N) is 2. The Bertz CT molecular complexity index is 708. The SMILES string of the molecule is COc1ccc(OC)c(-n2ncc3c2CCC(C(=O)O)C3)c1. The van der Waals surface area contributed by atoms with E-state index in [1.165, 1.54) is 0 Å². The molecule has 0 amide bonds. The van der Waals surface area contributed by atoms with Crippen molar-refractivity contribution < 1.29 is 19.4 Å². The van der Waals surface area contributed by atoms with Crippen LogP contribution in [0.2, 0.25) is 0 Å². The van der Waals surface area contributed by atoms with Crippen molar-refractivity contribution in [2.24, 2.45) is 5.92 Å². The molecule has 1 heterocycles. The van der Waals surface area contributed by atoms with Crippen molar-refractivity contribution in [1.29, 1.82) is 0 Å². The summed E-state index contributed by atoms with van der Waals surface area (Å²) in [6.07, 6.45) is 3.59. The zero-order valence-corrected chi connectivity index (χ0v) is 12.6. The summed E-state index contributed by atoms with van der Waals surface area (Å²) in [6.45, 7) is 0. The molecule has 1 aromatic heterocycles. The molecule has 0 bridgehead atoms. The van der Waals surface area contributed by atoms with Crippen LogP contribution < -0.4 is 9.47 Å². The van der Waals surface area contributed by atoms with Gasteiger partial charge in [0.1, 0.15) is 17.2 Å². The molecule has 6 nitrogen and oxygen atoms in total. The highest BCUT2D eigenvalue weighted by Gasteiger charge is 2.28. The van der Waals surface area contributed by atoms with E-state index in [1.807, 2.05) is 22.9 Å². The molecule has 1 unspecified atom stereocenters. The summed E-state index contributed by atoms with van der Waals surface area (Å²) in [5.41, 5.74) is 2.84. The standard InChI is InChI=1S/C16H18N2O4/c1-21-12-4-6-15(22-2)14(8-12)18-13-5-3-10(16(19)20)7-11(13)9-17-18/h4,6,8-10H,3,5,7H2,1-2H3,(H,19,20). The van der Waals surface area contributed by atoms with Gasteiger partial charge >= 0.3 is 5.97 Å². The van der Waals surface area contributed by atoms with Crippen LogP contribution in [0.1, 0.15) is 17.7 Å². The molecule has 2 aromatic rings. The van der Waals surface area contributed by atoms with Crippen LogP contribution in [0.3, 0.4) is 0 Å². The average Bonchev–Trinajstić information content (AvgIpc) is 2.97. The first-order chi connectivity index (χ1) is 10.6. The van der Waals surface area contributed by atoms with Crippen LogP contribution in [0, 0.1) is 5.92 Å². The molecule has 1 aromatic carbocycles. The van der Waals surface area contributed by atoms with E-state index >= 15 is 0 Å². The molecule has 0 radical (unpaired) electrons. The molecule has 6 heteroatoms. The van der Waals surface area contributed by atoms with Gasteiger partial charge in [-0.15, -0.1) is 0 Å². The third-order valence-corrected chi connectivity index (χ3v) is 4.11. The number of carboxylic acid groups (broad SMARTS) is 1. The van der Waals surface area contributed by atoms with Crippen LogP contribution in [0.5, 0.6) is 11.5 Å². The Morgan fingerprint density at radius 3 is 2.86 bits per heavy atom. The Labute approximate surface area is 128 Å². The van der Waals surface area contributed by atoms with E-state index in [-0.39, 0.29) is 5.92 Å². The predicted octanol–water partition coefficient (Wildman–Crippen LogP) is 2.08. The average molecular weight is 302 g/mol. The van der Waals surface area contributed by atoms with Gasteiger partial charge in [0, 0.05) is 11.8 Å². The molecule has 1 aliphatic carbocycles. The monoisotopic (exact) mass is 302 g/mol. The van der Waals surface area contributed by atoms with Crippen LogP contribution in [0.25, 0.3) is 5.69 Å². The minimum absolute atomic E-state index is 0.322. The number of carboxylic acids is 1. The molecule has 1 aliphatic rings. The topological polar surface area (TPSA) is 73.6 Å². The third-order valence-electron chi connectivity index (χ3n) is 4.11. The number of aliphatic carboxylic acids is 1. The van der Waals surface area contributed by atoms with Crippen molar-refractivity contribution in [3.8, 4) is 17.2 Å². The van der Waals surface area contributed by atoms with Crippen molar-refractivity contribution in [3.63, 3.8) is 0 Å². The van der Waals surface area contributed by atoms with E-state index in [0.29, 0.717) is 25.0 Å². The predicted molar refractivity (Wildman–Crippen MR) is 79.8 cm³/mol. The van der Waals surface area contributed by atoms with Crippen molar-refractivity contribution in [1.82, 2.24) is 9.78 Å². The van der Waals surface area contributed by atoms with Gasteiger partial charge in [-0.3, -0.25) is 4.79 Å². The Hall–Kier alpha value is -2.50. The number of methoxy groups -OCH3 is 2. The Balaban J connectivity index is 2.03. The van der Waals surface area contributed by atoms with Crippen LogP contribution in [-0.4, -0.2) is 35.1 Å². The first-order valence-electron chi connectivity index (χ1n) is 7.15. The molecule has 0 saturated carbocycles. The Morgan fingerprint density at radius 1 is 1.36 bits per heavy atom. The summed E-state index contributed by atoms with van der Waals surface area (Å²) in [6, 6.07) is 5.54. The summed E-state index contributed by atoms with van der Waals surface area (Å²) < 4.78 is 12.5. The fourth-order valence-corrected chi connectivity index (χ4v) is 2.90. The number of fused-ring (bicyclic) bond motifs is 1. The highest BCUT2D eigenvalue weighted by Crippen LogP contribution is 2.32. The van der Waals surface area contributed by atoms with Crippen molar-refractivity contribution in [2.75, 3.05) is 14.2 Å². The van der Waals surface area contributed by atoms with Gasteiger partial charge in [-0.2, -0.15) is 5.10 Å². The fourth-order valence-electron chi connectivity index (χ4n) is 2.90. The molecule has 0 aliphatic heterocycles. The van der Waals surface area contributed by atoms with Gasteiger partial charge in [0.25, 0.3) is 0 Å². The minimum Gasteiger partial charge on any atom is -0.497 e. The van der Waals surface area contributed by atoms with E-state index in [9.17, 15) is 9.90 Å². The van der Waals surface area contributed by atoms with E-state index in [1.54, 1.807) is 20.4 Å². The molecule has 1 atom stereocenters. The number of carbonyl (C=O) groups is 1. The molecule has 0 fully saturated rings.